The van der Waals surface area contributed by atoms with Crippen molar-refractivity contribution in [1.29, 1.82) is 0 Å². The van der Waals surface area contributed by atoms with Crippen LogP contribution in [0.2, 0.25) is 0 Å². The second-order valence-electron chi connectivity index (χ2n) is 7.59. The minimum Gasteiger partial charge on any atom is -0.347 e. The standard InChI is InChI=1S/C20H28N6O2.ClH/c1-14(2)10-19(27)23-16-5-3-4-15(11-16)12-22-20(28)18-13-26(25-24-18)17-6-8-21-9-7-17;/h3-5,11,13-14,17,21H,6-10,12H2,1-2H3,(H,22,28)(H,23,27);1H. The predicted molar refractivity (Wildman–Crippen MR) is 114 cm³/mol. The molecule has 2 amide bonds. The Morgan fingerprint density at radius 1 is 1.28 bits per heavy atom. The van der Waals surface area contributed by atoms with Gasteiger partial charge in [0.05, 0.1) is 12.2 Å². The van der Waals surface area contributed by atoms with Gasteiger partial charge in [-0.2, -0.15) is 0 Å². The average molecular weight is 421 g/mol. The van der Waals surface area contributed by atoms with Crippen LogP contribution in [-0.4, -0.2) is 39.9 Å². The Morgan fingerprint density at radius 3 is 2.76 bits per heavy atom. The molecule has 2 heterocycles. The maximum absolute atomic E-state index is 12.4. The number of nitrogens with one attached hydrogen (secondary N) is 3. The van der Waals surface area contributed by atoms with E-state index in [1.165, 1.54) is 0 Å². The van der Waals surface area contributed by atoms with Gasteiger partial charge in [0, 0.05) is 18.7 Å². The SMILES string of the molecule is CC(C)CC(=O)Nc1cccc(CNC(=O)c2cn(C3CCNCC3)nn2)c1.Cl. The molecule has 1 aromatic heterocycles. The third-order valence-electron chi connectivity index (χ3n) is 4.68. The lowest BCUT2D eigenvalue weighted by atomic mass is 10.1. The quantitative estimate of drug-likeness (QED) is 0.639. The van der Waals surface area contributed by atoms with Gasteiger partial charge in [0.2, 0.25) is 5.91 Å². The van der Waals surface area contributed by atoms with Gasteiger partial charge in [-0.15, -0.1) is 17.5 Å². The number of amides is 2. The molecule has 3 N–H and O–H groups in total. The summed E-state index contributed by atoms with van der Waals surface area (Å²) in [6.45, 7) is 6.28. The maximum atomic E-state index is 12.4. The van der Waals surface area contributed by atoms with E-state index in [0.29, 0.717) is 30.6 Å². The molecule has 1 aromatic carbocycles. The Balaban J connectivity index is 0.00000300. The van der Waals surface area contributed by atoms with Crippen molar-refractivity contribution >= 4 is 29.9 Å². The first-order chi connectivity index (χ1) is 13.5. The van der Waals surface area contributed by atoms with Crippen molar-refractivity contribution in [3.63, 3.8) is 0 Å². The number of piperidine rings is 1. The molecule has 1 fully saturated rings. The highest BCUT2D eigenvalue weighted by molar-refractivity contribution is 5.92. The second-order valence-corrected chi connectivity index (χ2v) is 7.59. The van der Waals surface area contributed by atoms with Crippen molar-refractivity contribution in [3.05, 3.63) is 41.7 Å². The Labute approximate surface area is 177 Å². The summed E-state index contributed by atoms with van der Waals surface area (Å²) in [7, 11) is 0. The van der Waals surface area contributed by atoms with E-state index in [9.17, 15) is 9.59 Å². The summed E-state index contributed by atoms with van der Waals surface area (Å²) in [6.07, 6.45) is 4.17. The van der Waals surface area contributed by atoms with E-state index in [4.69, 9.17) is 0 Å². The van der Waals surface area contributed by atoms with E-state index >= 15 is 0 Å². The molecule has 29 heavy (non-hydrogen) atoms. The third-order valence-corrected chi connectivity index (χ3v) is 4.68. The Bertz CT molecular complexity index is 817. The van der Waals surface area contributed by atoms with Crippen LogP contribution in [0.4, 0.5) is 5.69 Å². The van der Waals surface area contributed by atoms with E-state index in [2.05, 4.69) is 26.3 Å². The Hall–Kier alpha value is -2.45. The number of hydrogen-bond acceptors (Lipinski definition) is 5. The van der Waals surface area contributed by atoms with Crippen molar-refractivity contribution in [2.75, 3.05) is 18.4 Å². The van der Waals surface area contributed by atoms with Gasteiger partial charge in [-0.3, -0.25) is 9.59 Å². The summed E-state index contributed by atoms with van der Waals surface area (Å²) in [4.78, 5) is 24.3. The summed E-state index contributed by atoms with van der Waals surface area (Å²) in [5.41, 5.74) is 1.95. The number of carbonyl (C=O) groups is 2. The molecular weight excluding hydrogens is 392 g/mol. The first kappa shape index (κ1) is 22.8. The third kappa shape index (κ3) is 6.83. The molecule has 0 unspecified atom stereocenters. The minimum absolute atomic E-state index is 0. The van der Waals surface area contributed by atoms with Gasteiger partial charge in [0.1, 0.15) is 0 Å². The van der Waals surface area contributed by atoms with Crippen LogP contribution in [0.25, 0.3) is 0 Å². The molecule has 8 nitrogen and oxygen atoms in total. The molecule has 2 aromatic rings. The van der Waals surface area contributed by atoms with Gasteiger partial charge < -0.3 is 16.0 Å². The van der Waals surface area contributed by atoms with Crippen LogP contribution in [0, 0.1) is 5.92 Å². The molecule has 0 radical (unpaired) electrons. The molecule has 9 heteroatoms. The van der Waals surface area contributed by atoms with Crippen molar-refractivity contribution < 1.29 is 9.59 Å². The van der Waals surface area contributed by atoms with Crippen LogP contribution in [-0.2, 0) is 11.3 Å². The first-order valence-corrected chi connectivity index (χ1v) is 9.81. The van der Waals surface area contributed by atoms with E-state index in [1.807, 2.05) is 38.1 Å². The van der Waals surface area contributed by atoms with Crippen molar-refractivity contribution in [3.8, 4) is 0 Å². The lowest BCUT2D eigenvalue weighted by Gasteiger charge is -2.22. The largest absolute Gasteiger partial charge is 0.347 e. The molecule has 0 atom stereocenters. The monoisotopic (exact) mass is 420 g/mol. The van der Waals surface area contributed by atoms with Gasteiger partial charge in [-0.1, -0.05) is 31.2 Å². The molecule has 0 aliphatic carbocycles. The summed E-state index contributed by atoms with van der Waals surface area (Å²) >= 11 is 0. The smallest absolute Gasteiger partial charge is 0.273 e. The van der Waals surface area contributed by atoms with Crippen molar-refractivity contribution in [1.82, 2.24) is 25.6 Å². The zero-order chi connectivity index (χ0) is 19.9. The number of nitrogens with zero attached hydrogens (tertiary/aromatic N) is 3. The van der Waals surface area contributed by atoms with E-state index < -0.39 is 0 Å². The van der Waals surface area contributed by atoms with Gasteiger partial charge in [0.25, 0.3) is 5.91 Å². The van der Waals surface area contributed by atoms with Crippen LogP contribution in [0.5, 0.6) is 0 Å². The van der Waals surface area contributed by atoms with Gasteiger partial charge in [0.15, 0.2) is 5.69 Å². The van der Waals surface area contributed by atoms with Gasteiger partial charge >= 0.3 is 0 Å². The Kier molecular flexibility index (Phi) is 8.60. The molecule has 3 rings (SSSR count). The number of aromatic nitrogens is 3. The molecular formula is C20H29ClN6O2. The second kappa shape index (κ2) is 10.9. The zero-order valence-corrected chi connectivity index (χ0v) is 17.7. The van der Waals surface area contributed by atoms with Crippen LogP contribution in [0.1, 0.15) is 55.2 Å². The summed E-state index contributed by atoms with van der Waals surface area (Å²) in [6, 6.07) is 7.77. The fraction of sp³-hybridized carbons (Fsp3) is 0.500. The van der Waals surface area contributed by atoms with E-state index in [-0.39, 0.29) is 24.2 Å². The number of carbonyl (C=O) groups excluding carboxylic acids is 2. The molecule has 158 valence electrons. The Morgan fingerprint density at radius 2 is 2.03 bits per heavy atom. The minimum atomic E-state index is -0.255. The maximum Gasteiger partial charge on any atom is 0.273 e. The van der Waals surface area contributed by atoms with Gasteiger partial charge in [-0.05, 0) is 49.5 Å². The van der Waals surface area contributed by atoms with E-state index in [1.54, 1.807) is 10.9 Å². The molecule has 1 aliphatic rings. The topological polar surface area (TPSA) is 101 Å². The van der Waals surface area contributed by atoms with Crippen LogP contribution >= 0.6 is 12.4 Å². The fourth-order valence-corrected chi connectivity index (χ4v) is 3.25. The molecule has 1 saturated heterocycles. The highest BCUT2D eigenvalue weighted by Gasteiger charge is 2.18. The number of benzene rings is 1. The highest BCUT2D eigenvalue weighted by Crippen LogP contribution is 2.17. The molecule has 0 bridgehead atoms. The van der Waals surface area contributed by atoms with Gasteiger partial charge in [-0.25, -0.2) is 4.68 Å². The predicted octanol–water partition coefficient (Wildman–Crippen LogP) is 2.54. The number of hydrogen-bond donors (Lipinski definition) is 3. The average Bonchev–Trinajstić information content (AvgIpc) is 3.17. The molecule has 1 aliphatic heterocycles. The van der Waals surface area contributed by atoms with Crippen molar-refractivity contribution in [2.45, 2.75) is 45.7 Å². The zero-order valence-electron chi connectivity index (χ0n) is 16.9. The van der Waals surface area contributed by atoms with Crippen LogP contribution in [0.15, 0.2) is 30.5 Å². The van der Waals surface area contributed by atoms with Crippen LogP contribution < -0.4 is 16.0 Å². The lowest BCUT2D eigenvalue weighted by molar-refractivity contribution is -0.116. The number of rotatable bonds is 7. The summed E-state index contributed by atoms with van der Waals surface area (Å²) < 4.78 is 1.79. The normalized spacial score (nSPS) is 14.3. The van der Waals surface area contributed by atoms with Crippen LogP contribution in [0.3, 0.4) is 0 Å². The number of anilines is 1. The first-order valence-electron chi connectivity index (χ1n) is 9.81. The fourth-order valence-electron chi connectivity index (χ4n) is 3.25. The van der Waals surface area contributed by atoms with Crippen molar-refractivity contribution in [2.24, 2.45) is 5.92 Å². The summed E-state index contributed by atoms with van der Waals surface area (Å²) in [5, 5.41) is 17.2. The number of halogens is 1. The highest BCUT2D eigenvalue weighted by atomic mass is 35.5. The summed E-state index contributed by atoms with van der Waals surface area (Å²) in [5.74, 6) is 0.0425. The molecule has 0 spiro atoms. The molecule has 0 saturated carbocycles. The lowest BCUT2D eigenvalue weighted by Crippen LogP contribution is -2.29. The van der Waals surface area contributed by atoms with E-state index in [0.717, 1.165) is 37.2 Å².